The molecule has 1 saturated heterocycles. The third kappa shape index (κ3) is 6.30. The molecule has 206 valence electrons. The van der Waals surface area contributed by atoms with Crippen LogP contribution in [0.4, 0.5) is 0 Å². The van der Waals surface area contributed by atoms with Crippen molar-refractivity contribution < 1.29 is 23.9 Å². The van der Waals surface area contributed by atoms with Gasteiger partial charge >= 0.3 is 5.97 Å². The first-order valence-corrected chi connectivity index (χ1v) is 14.2. The van der Waals surface area contributed by atoms with E-state index < -0.39 is 11.3 Å². The maximum absolute atomic E-state index is 13.8. The van der Waals surface area contributed by atoms with Gasteiger partial charge in [-0.05, 0) is 75.8 Å². The quantitative estimate of drug-likeness (QED) is 0.341. The highest BCUT2D eigenvalue weighted by atomic mass is 16.5. The number of benzene rings is 1. The minimum atomic E-state index is -0.873. The molecule has 4 rings (SSSR count). The molecule has 1 heterocycles. The average molecular weight is 523 g/mol. The van der Waals surface area contributed by atoms with Crippen LogP contribution < -0.4 is 10.1 Å². The summed E-state index contributed by atoms with van der Waals surface area (Å²) in [5.74, 6) is -0.276. The molecule has 2 aliphatic carbocycles. The zero-order chi connectivity index (χ0) is 27.0. The maximum Gasteiger partial charge on any atom is 0.317 e. The SMILES string of the molecule is COC(=O)[C@]12CCCCC=C1N(CCC1=CCCCC1)C(=O)[C@@H](CC(=O)NCCc1ccccc1OC)C2. The molecule has 3 aliphatic rings. The average Bonchev–Trinajstić information content (AvgIpc) is 3.16. The van der Waals surface area contributed by atoms with Crippen LogP contribution in [0.2, 0.25) is 0 Å². The number of hydrogen-bond acceptors (Lipinski definition) is 5. The number of para-hydroxylation sites is 1. The number of ether oxygens (including phenoxy) is 2. The number of carbonyl (C=O) groups is 3. The summed E-state index contributed by atoms with van der Waals surface area (Å²) in [5, 5.41) is 2.98. The standard InChI is InChI=1S/C31H42N2O5/c1-37-26-14-9-8-13-24(26)16-19-32-28(34)21-25-22-31(30(36)38-2)18-10-4-7-15-27(31)33(29(25)35)20-17-23-11-5-3-6-12-23/h8-9,11,13-15,25H,3-7,10,12,16-22H2,1-2H3,(H,32,34)/t25-,31-/m0/s1. The largest absolute Gasteiger partial charge is 0.496 e. The second-order valence-corrected chi connectivity index (χ2v) is 10.8. The minimum absolute atomic E-state index is 0.0473. The third-order valence-electron chi connectivity index (χ3n) is 8.35. The van der Waals surface area contributed by atoms with E-state index in [1.165, 1.54) is 25.5 Å². The van der Waals surface area contributed by atoms with Crippen molar-refractivity contribution in [3.05, 3.63) is 53.3 Å². The van der Waals surface area contributed by atoms with Crippen molar-refractivity contribution in [1.82, 2.24) is 10.2 Å². The van der Waals surface area contributed by atoms with Gasteiger partial charge in [-0.1, -0.05) is 42.3 Å². The van der Waals surface area contributed by atoms with Gasteiger partial charge in [0.25, 0.3) is 0 Å². The topological polar surface area (TPSA) is 84.9 Å². The van der Waals surface area contributed by atoms with Crippen molar-refractivity contribution in [2.45, 2.75) is 77.0 Å². The monoisotopic (exact) mass is 522 g/mol. The van der Waals surface area contributed by atoms with Crippen LogP contribution in [0.5, 0.6) is 5.75 Å². The molecule has 1 fully saturated rings. The van der Waals surface area contributed by atoms with Crippen LogP contribution >= 0.6 is 0 Å². The van der Waals surface area contributed by atoms with Crippen molar-refractivity contribution in [2.75, 3.05) is 27.3 Å². The second kappa shape index (κ2) is 13.1. The molecule has 7 heteroatoms. The Balaban J connectivity index is 1.49. The highest BCUT2D eigenvalue weighted by molar-refractivity contribution is 5.92. The molecule has 0 radical (unpaired) electrons. The highest BCUT2D eigenvalue weighted by Gasteiger charge is 2.53. The summed E-state index contributed by atoms with van der Waals surface area (Å²) in [5.41, 5.74) is 2.34. The van der Waals surface area contributed by atoms with E-state index in [1.807, 2.05) is 29.2 Å². The first-order valence-electron chi connectivity index (χ1n) is 14.2. The number of allylic oxidation sites excluding steroid dienone is 2. The summed E-state index contributed by atoms with van der Waals surface area (Å²) in [7, 11) is 3.06. The molecule has 7 nitrogen and oxygen atoms in total. The summed E-state index contributed by atoms with van der Waals surface area (Å²) in [6.45, 7) is 0.993. The van der Waals surface area contributed by atoms with Crippen LogP contribution in [0.15, 0.2) is 47.7 Å². The molecule has 0 bridgehead atoms. The first-order chi connectivity index (χ1) is 18.5. The van der Waals surface area contributed by atoms with Gasteiger partial charge in [0, 0.05) is 31.1 Å². The van der Waals surface area contributed by atoms with Gasteiger partial charge in [-0.3, -0.25) is 14.4 Å². The van der Waals surface area contributed by atoms with Crippen LogP contribution in [-0.4, -0.2) is 50.0 Å². The normalized spacial score (nSPS) is 23.5. The first kappa shape index (κ1) is 27.9. The number of nitrogens with one attached hydrogen (secondary N) is 1. The van der Waals surface area contributed by atoms with Crippen LogP contribution in [0.3, 0.4) is 0 Å². The van der Waals surface area contributed by atoms with Crippen molar-refractivity contribution in [3.63, 3.8) is 0 Å². The number of rotatable bonds is 10. The molecular weight excluding hydrogens is 480 g/mol. The Morgan fingerprint density at radius 1 is 1.05 bits per heavy atom. The third-order valence-corrected chi connectivity index (χ3v) is 8.35. The van der Waals surface area contributed by atoms with E-state index in [0.29, 0.717) is 32.4 Å². The molecule has 0 spiro atoms. The number of piperidine rings is 1. The Morgan fingerprint density at radius 2 is 1.84 bits per heavy atom. The fourth-order valence-electron chi connectivity index (χ4n) is 6.36. The fraction of sp³-hybridized carbons (Fsp3) is 0.581. The molecular formula is C31H42N2O5. The number of carbonyl (C=O) groups excluding carboxylic acids is 3. The van der Waals surface area contributed by atoms with Gasteiger partial charge in [0.05, 0.1) is 14.2 Å². The lowest BCUT2D eigenvalue weighted by atomic mass is 9.69. The van der Waals surface area contributed by atoms with E-state index in [-0.39, 0.29) is 24.2 Å². The summed E-state index contributed by atoms with van der Waals surface area (Å²) in [4.78, 5) is 42.0. The Labute approximate surface area is 226 Å². The lowest BCUT2D eigenvalue weighted by Crippen LogP contribution is -2.53. The number of hydrogen-bond donors (Lipinski definition) is 1. The predicted octanol–water partition coefficient (Wildman–Crippen LogP) is 5.10. The molecule has 2 atom stereocenters. The van der Waals surface area contributed by atoms with Crippen molar-refractivity contribution in [3.8, 4) is 5.75 Å². The van der Waals surface area contributed by atoms with E-state index in [9.17, 15) is 14.4 Å². The smallest absolute Gasteiger partial charge is 0.317 e. The maximum atomic E-state index is 13.8. The Bertz CT molecular complexity index is 1080. The van der Waals surface area contributed by atoms with E-state index >= 15 is 0 Å². The van der Waals surface area contributed by atoms with Gasteiger partial charge in [-0.2, -0.15) is 0 Å². The minimum Gasteiger partial charge on any atom is -0.496 e. The van der Waals surface area contributed by atoms with E-state index in [2.05, 4.69) is 17.5 Å². The molecule has 38 heavy (non-hydrogen) atoms. The Hall–Kier alpha value is -3.09. The van der Waals surface area contributed by atoms with Crippen molar-refractivity contribution >= 4 is 17.8 Å². The number of likely N-dealkylation sites (tertiary alicyclic amines) is 1. The molecule has 1 aliphatic heterocycles. The zero-order valence-electron chi connectivity index (χ0n) is 22.9. The summed E-state index contributed by atoms with van der Waals surface area (Å²) >= 11 is 0. The summed E-state index contributed by atoms with van der Waals surface area (Å²) < 4.78 is 10.7. The van der Waals surface area contributed by atoms with E-state index in [1.54, 1.807) is 7.11 Å². The van der Waals surface area contributed by atoms with E-state index in [0.717, 1.165) is 55.5 Å². The lowest BCUT2D eigenvalue weighted by Gasteiger charge is -2.46. The molecule has 2 amide bonds. The van der Waals surface area contributed by atoms with Crippen molar-refractivity contribution in [2.24, 2.45) is 11.3 Å². The molecule has 1 aromatic rings. The molecule has 1 N–H and O–H groups in total. The van der Waals surface area contributed by atoms with Gasteiger partial charge < -0.3 is 19.7 Å². The number of nitrogens with zero attached hydrogens (tertiary/aromatic N) is 1. The van der Waals surface area contributed by atoms with Gasteiger partial charge in [0.1, 0.15) is 11.2 Å². The number of fused-ring (bicyclic) bond motifs is 1. The molecule has 0 saturated carbocycles. The Morgan fingerprint density at radius 3 is 2.61 bits per heavy atom. The number of methoxy groups -OCH3 is 2. The fourth-order valence-corrected chi connectivity index (χ4v) is 6.36. The van der Waals surface area contributed by atoms with E-state index in [4.69, 9.17) is 9.47 Å². The van der Waals surface area contributed by atoms with Gasteiger partial charge in [0.2, 0.25) is 11.8 Å². The number of esters is 1. The highest BCUT2D eigenvalue weighted by Crippen LogP contribution is 2.49. The predicted molar refractivity (Wildman–Crippen MR) is 146 cm³/mol. The summed E-state index contributed by atoms with van der Waals surface area (Å²) in [6.07, 6.45) is 14.1. The Kier molecular flexibility index (Phi) is 9.64. The molecule has 0 aromatic heterocycles. The van der Waals surface area contributed by atoms with Gasteiger partial charge in [-0.15, -0.1) is 0 Å². The molecule has 1 aromatic carbocycles. The van der Waals surface area contributed by atoms with Crippen LogP contribution in [0, 0.1) is 11.3 Å². The molecule has 0 unspecified atom stereocenters. The van der Waals surface area contributed by atoms with Crippen LogP contribution in [0.25, 0.3) is 0 Å². The van der Waals surface area contributed by atoms with Crippen LogP contribution in [0.1, 0.15) is 76.2 Å². The second-order valence-electron chi connectivity index (χ2n) is 10.8. The number of amides is 2. The van der Waals surface area contributed by atoms with Gasteiger partial charge in [0.15, 0.2) is 0 Å². The van der Waals surface area contributed by atoms with Gasteiger partial charge in [-0.25, -0.2) is 0 Å². The summed E-state index contributed by atoms with van der Waals surface area (Å²) in [6, 6.07) is 7.75. The zero-order valence-corrected chi connectivity index (χ0v) is 22.9. The van der Waals surface area contributed by atoms with Crippen molar-refractivity contribution in [1.29, 1.82) is 0 Å². The lowest BCUT2D eigenvalue weighted by molar-refractivity contribution is -0.159. The van der Waals surface area contributed by atoms with Crippen LogP contribution in [-0.2, 0) is 25.5 Å².